The van der Waals surface area contributed by atoms with Crippen molar-refractivity contribution in [3.05, 3.63) is 23.5 Å². The van der Waals surface area contributed by atoms with Crippen molar-refractivity contribution in [3.63, 3.8) is 0 Å². The summed E-state index contributed by atoms with van der Waals surface area (Å²) >= 11 is 0. The van der Waals surface area contributed by atoms with Gasteiger partial charge in [-0.15, -0.1) is 0 Å². The summed E-state index contributed by atoms with van der Waals surface area (Å²) in [6.07, 6.45) is 2.65. The summed E-state index contributed by atoms with van der Waals surface area (Å²) in [7, 11) is -3.60. The fraction of sp³-hybridized carbons (Fsp3) is 0.500. The first-order chi connectivity index (χ1) is 9.54. The van der Waals surface area contributed by atoms with Crippen LogP contribution >= 0.6 is 0 Å². The Morgan fingerprint density at radius 2 is 2.20 bits per heavy atom. The third kappa shape index (κ3) is 3.21. The predicted molar refractivity (Wildman–Crippen MR) is 71.1 cm³/mol. The standard InChI is InChI=1S/C10H17N7O2S/c1-7-10(8(5-11)16-15-7)20(18,19)14-4-2-3-9-12-6-13-17-9/h6,14H,2-5,11H2,1H3,(H,15,16)(H,12,13,17). The molecule has 0 unspecified atom stereocenters. The van der Waals surface area contributed by atoms with Crippen molar-refractivity contribution >= 4 is 10.0 Å². The van der Waals surface area contributed by atoms with Gasteiger partial charge in [-0.2, -0.15) is 10.2 Å². The molecule has 0 amide bonds. The lowest BCUT2D eigenvalue weighted by atomic mass is 10.3. The average molecular weight is 299 g/mol. The Morgan fingerprint density at radius 3 is 2.85 bits per heavy atom. The summed E-state index contributed by atoms with van der Waals surface area (Å²) < 4.78 is 26.9. The first-order valence-electron chi connectivity index (χ1n) is 6.12. The van der Waals surface area contributed by atoms with Gasteiger partial charge in [-0.05, 0) is 13.3 Å². The highest BCUT2D eigenvalue weighted by molar-refractivity contribution is 7.89. The molecule has 9 nitrogen and oxygen atoms in total. The molecule has 0 atom stereocenters. The van der Waals surface area contributed by atoms with Gasteiger partial charge in [0.2, 0.25) is 10.0 Å². The van der Waals surface area contributed by atoms with Crippen molar-refractivity contribution in [2.75, 3.05) is 6.54 Å². The van der Waals surface area contributed by atoms with E-state index in [0.717, 1.165) is 5.82 Å². The van der Waals surface area contributed by atoms with Crippen molar-refractivity contribution < 1.29 is 8.42 Å². The van der Waals surface area contributed by atoms with E-state index < -0.39 is 10.0 Å². The van der Waals surface area contributed by atoms with Gasteiger partial charge in [-0.1, -0.05) is 0 Å². The van der Waals surface area contributed by atoms with E-state index >= 15 is 0 Å². The smallest absolute Gasteiger partial charge is 0.244 e. The molecule has 2 aromatic rings. The topological polar surface area (TPSA) is 142 Å². The third-order valence-corrected chi connectivity index (χ3v) is 4.43. The number of nitrogens with two attached hydrogens (primary N) is 1. The number of hydrogen-bond acceptors (Lipinski definition) is 6. The van der Waals surface area contributed by atoms with E-state index in [1.165, 1.54) is 6.33 Å². The van der Waals surface area contributed by atoms with Crippen LogP contribution in [0.15, 0.2) is 11.2 Å². The van der Waals surface area contributed by atoms with Gasteiger partial charge in [0.1, 0.15) is 17.0 Å². The van der Waals surface area contributed by atoms with E-state index in [0.29, 0.717) is 30.8 Å². The van der Waals surface area contributed by atoms with Crippen molar-refractivity contribution in [1.82, 2.24) is 30.1 Å². The molecule has 2 aromatic heterocycles. The van der Waals surface area contributed by atoms with Crippen molar-refractivity contribution in [3.8, 4) is 0 Å². The van der Waals surface area contributed by atoms with Crippen LogP contribution in [0.3, 0.4) is 0 Å². The number of H-pyrrole nitrogens is 2. The zero-order chi connectivity index (χ0) is 14.6. The van der Waals surface area contributed by atoms with Gasteiger partial charge in [-0.3, -0.25) is 10.2 Å². The SMILES string of the molecule is Cc1[nH]nc(CN)c1S(=O)(=O)NCCCc1ncn[nH]1. The van der Waals surface area contributed by atoms with Crippen LogP contribution in [0.1, 0.15) is 23.6 Å². The van der Waals surface area contributed by atoms with Crippen molar-refractivity contribution in [1.29, 1.82) is 0 Å². The highest BCUT2D eigenvalue weighted by Gasteiger charge is 2.22. The van der Waals surface area contributed by atoms with Crippen LogP contribution < -0.4 is 10.5 Å². The molecule has 0 fully saturated rings. The number of aromatic nitrogens is 5. The van der Waals surface area contributed by atoms with Gasteiger partial charge in [0, 0.05) is 19.5 Å². The molecule has 0 bridgehead atoms. The summed E-state index contributed by atoms with van der Waals surface area (Å²) in [4.78, 5) is 4.10. The molecule has 2 heterocycles. The molecule has 0 radical (unpaired) electrons. The monoisotopic (exact) mass is 299 g/mol. The predicted octanol–water partition coefficient (Wildman–Crippen LogP) is -0.794. The summed E-state index contributed by atoms with van der Waals surface area (Å²) in [5.74, 6) is 0.728. The molecule has 0 aliphatic heterocycles. The molecular weight excluding hydrogens is 282 g/mol. The number of rotatable bonds is 7. The number of aromatic amines is 2. The van der Waals surface area contributed by atoms with Crippen LogP contribution in [0.25, 0.3) is 0 Å². The summed E-state index contributed by atoms with van der Waals surface area (Å²) in [6, 6.07) is 0. The Morgan fingerprint density at radius 1 is 1.40 bits per heavy atom. The Kier molecular flexibility index (Phi) is 4.47. The Labute approximate surface area is 116 Å². The second-order valence-corrected chi connectivity index (χ2v) is 5.97. The number of sulfonamides is 1. The van der Waals surface area contributed by atoms with Crippen LogP contribution in [0, 0.1) is 6.92 Å². The largest absolute Gasteiger partial charge is 0.325 e. The molecule has 0 aliphatic rings. The maximum atomic E-state index is 12.2. The van der Waals surface area contributed by atoms with Crippen LogP contribution in [-0.4, -0.2) is 40.3 Å². The first kappa shape index (κ1) is 14.6. The maximum absolute atomic E-state index is 12.2. The molecule has 10 heteroatoms. The fourth-order valence-electron chi connectivity index (χ4n) is 1.85. The maximum Gasteiger partial charge on any atom is 0.244 e. The van der Waals surface area contributed by atoms with E-state index in [1.54, 1.807) is 6.92 Å². The van der Waals surface area contributed by atoms with Crippen LogP contribution in [0.4, 0.5) is 0 Å². The normalized spacial score (nSPS) is 11.9. The number of aryl methyl sites for hydroxylation is 2. The molecular formula is C10H17N7O2S. The number of hydrogen-bond donors (Lipinski definition) is 4. The van der Waals surface area contributed by atoms with Crippen molar-refractivity contribution in [2.45, 2.75) is 31.2 Å². The summed E-state index contributed by atoms with van der Waals surface area (Å²) in [6.45, 7) is 2.02. The van der Waals surface area contributed by atoms with Gasteiger partial charge in [0.15, 0.2) is 0 Å². The van der Waals surface area contributed by atoms with Crippen LogP contribution in [-0.2, 0) is 23.0 Å². The highest BCUT2D eigenvalue weighted by atomic mass is 32.2. The van der Waals surface area contributed by atoms with Gasteiger partial charge < -0.3 is 5.73 Å². The van der Waals surface area contributed by atoms with E-state index in [1.807, 2.05) is 0 Å². The molecule has 0 saturated carbocycles. The second kappa shape index (κ2) is 6.11. The fourth-order valence-corrected chi connectivity index (χ4v) is 3.30. The average Bonchev–Trinajstić information content (AvgIpc) is 3.03. The third-order valence-electron chi connectivity index (χ3n) is 2.77. The van der Waals surface area contributed by atoms with E-state index in [4.69, 9.17) is 5.73 Å². The molecule has 0 aliphatic carbocycles. The van der Waals surface area contributed by atoms with Gasteiger partial charge in [-0.25, -0.2) is 18.1 Å². The van der Waals surface area contributed by atoms with E-state index in [-0.39, 0.29) is 11.4 Å². The minimum Gasteiger partial charge on any atom is -0.325 e. The highest BCUT2D eigenvalue weighted by Crippen LogP contribution is 2.16. The zero-order valence-corrected chi connectivity index (χ0v) is 11.9. The lowest BCUT2D eigenvalue weighted by Gasteiger charge is -2.06. The molecule has 0 spiro atoms. The van der Waals surface area contributed by atoms with Gasteiger partial charge >= 0.3 is 0 Å². The van der Waals surface area contributed by atoms with Gasteiger partial charge in [0.05, 0.1) is 11.4 Å². The lowest BCUT2D eigenvalue weighted by Crippen LogP contribution is -2.26. The minimum atomic E-state index is -3.60. The van der Waals surface area contributed by atoms with E-state index in [9.17, 15) is 8.42 Å². The summed E-state index contributed by atoms with van der Waals surface area (Å²) in [5.41, 5.74) is 6.30. The number of nitrogens with one attached hydrogen (secondary N) is 3. The summed E-state index contributed by atoms with van der Waals surface area (Å²) in [5, 5.41) is 13.0. The van der Waals surface area contributed by atoms with Crippen LogP contribution in [0.5, 0.6) is 0 Å². The van der Waals surface area contributed by atoms with E-state index in [2.05, 4.69) is 30.1 Å². The van der Waals surface area contributed by atoms with Crippen molar-refractivity contribution in [2.24, 2.45) is 5.73 Å². The lowest BCUT2D eigenvalue weighted by molar-refractivity contribution is 0.576. The first-order valence-corrected chi connectivity index (χ1v) is 7.60. The van der Waals surface area contributed by atoms with Gasteiger partial charge in [0.25, 0.3) is 0 Å². The molecule has 20 heavy (non-hydrogen) atoms. The molecule has 110 valence electrons. The molecule has 0 saturated heterocycles. The Hall–Kier alpha value is -1.78. The molecule has 0 aromatic carbocycles. The second-order valence-electron chi connectivity index (χ2n) is 4.26. The Bertz CT molecular complexity index is 647. The molecule has 5 N–H and O–H groups in total. The Balaban J connectivity index is 1.95. The quantitative estimate of drug-likeness (QED) is 0.493. The van der Waals surface area contributed by atoms with Crippen LogP contribution in [0.2, 0.25) is 0 Å². The number of nitrogens with zero attached hydrogens (tertiary/aromatic N) is 3. The molecule has 2 rings (SSSR count). The minimum absolute atomic E-state index is 0.0681. The zero-order valence-electron chi connectivity index (χ0n) is 11.0.